The molecule has 0 fully saturated rings. The predicted molar refractivity (Wildman–Crippen MR) is 63.2 cm³/mol. The maximum absolute atomic E-state index is 5.19. The van der Waals surface area contributed by atoms with Gasteiger partial charge < -0.3 is 10.1 Å². The number of ether oxygens (including phenoxy) is 1. The second kappa shape index (κ2) is 5.37. The average Bonchev–Trinajstić information content (AvgIpc) is 2.51. The number of hydrogen-bond acceptors (Lipinski definition) is 3. The fraction of sp³-hybridized carbons (Fsp3) is 0.636. The minimum absolute atomic E-state index is 0.397. The van der Waals surface area contributed by atoms with Crippen LogP contribution in [0.2, 0.25) is 0 Å². The van der Waals surface area contributed by atoms with Crippen LogP contribution in [0.25, 0.3) is 0 Å². The lowest BCUT2D eigenvalue weighted by Crippen LogP contribution is -2.30. The number of nitrogens with one attached hydrogen (secondary N) is 1. The van der Waals surface area contributed by atoms with E-state index < -0.39 is 0 Å². The van der Waals surface area contributed by atoms with Gasteiger partial charge in [0.15, 0.2) is 0 Å². The van der Waals surface area contributed by atoms with Crippen molar-refractivity contribution in [1.29, 1.82) is 0 Å². The van der Waals surface area contributed by atoms with Crippen molar-refractivity contribution in [3.8, 4) is 0 Å². The molecule has 0 aliphatic heterocycles. The second-order valence-corrected chi connectivity index (χ2v) is 4.66. The van der Waals surface area contributed by atoms with E-state index in [0.29, 0.717) is 12.0 Å². The van der Waals surface area contributed by atoms with Crippen LogP contribution in [0.5, 0.6) is 0 Å². The van der Waals surface area contributed by atoms with Gasteiger partial charge in [-0.05, 0) is 23.8 Å². The van der Waals surface area contributed by atoms with E-state index in [0.717, 1.165) is 6.61 Å². The molecule has 0 amide bonds. The first-order valence-corrected chi connectivity index (χ1v) is 5.87. The Labute approximate surface area is 90.3 Å². The summed E-state index contributed by atoms with van der Waals surface area (Å²) < 4.78 is 5.19. The molecule has 0 spiro atoms. The van der Waals surface area contributed by atoms with Crippen LogP contribution in [0.1, 0.15) is 19.4 Å². The van der Waals surface area contributed by atoms with Gasteiger partial charge in [-0.3, -0.25) is 0 Å². The maximum atomic E-state index is 5.19. The summed E-state index contributed by atoms with van der Waals surface area (Å²) in [6, 6.07) is 0.397. The summed E-state index contributed by atoms with van der Waals surface area (Å²) in [5.74, 6) is 0.578. The van der Waals surface area contributed by atoms with Crippen molar-refractivity contribution in [2.45, 2.75) is 26.8 Å². The van der Waals surface area contributed by atoms with Crippen molar-refractivity contribution in [3.05, 3.63) is 16.3 Å². The number of aryl methyl sites for hydroxylation is 1. The third-order valence-electron chi connectivity index (χ3n) is 2.35. The van der Waals surface area contributed by atoms with Crippen molar-refractivity contribution < 1.29 is 4.74 Å². The van der Waals surface area contributed by atoms with E-state index in [1.807, 2.05) is 0 Å². The number of anilines is 1. The highest BCUT2D eigenvalue weighted by Crippen LogP contribution is 2.21. The second-order valence-electron chi connectivity index (χ2n) is 3.92. The summed E-state index contributed by atoms with van der Waals surface area (Å²) in [5.41, 5.74) is 2.56. The van der Waals surface area contributed by atoms with Crippen molar-refractivity contribution in [2.75, 3.05) is 19.0 Å². The standard InChI is InChI=1S/C11H19NOS/c1-8(2)10(5-13-4)12-11-7-14-6-9(11)3/h6-8,10,12H,5H2,1-4H3. The number of thiophene rings is 1. The summed E-state index contributed by atoms with van der Waals surface area (Å²) in [6.07, 6.45) is 0. The SMILES string of the molecule is COCC(Nc1cscc1C)C(C)C. The van der Waals surface area contributed by atoms with Crippen LogP contribution in [0.3, 0.4) is 0 Å². The Balaban J connectivity index is 2.60. The Bertz CT molecular complexity index is 270. The van der Waals surface area contributed by atoms with Gasteiger partial charge in [0.05, 0.1) is 12.6 Å². The summed E-state index contributed by atoms with van der Waals surface area (Å²) >= 11 is 1.73. The molecule has 1 aromatic rings. The number of methoxy groups -OCH3 is 1. The van der Waals surface area contributed by atoms with Crippen LogP contribution in [0.15, 0.2) is 10.8 Å². The first-order chi connectivity index (χ1) is 6.65. The zero-order chi connectivity index (χ0) is 10.6. The first kappa shape index (κ1) is 11.5. The normalized spacial score (nSPS) is 13.2. The van der Waals surface area contributed by atoms with Crippen molar-refractivity contribution in [2.24, 2.45) is 5.92 Å². The van der Waals surface area contributed by atoms with Gasteiger partial charge in [-0.2, -0.15) is 0 Å². The summed E-state index contributed by atoms with van der Waals surface area (Å²) in [5, 5.41) is 7.83. The molecule has 1 unspecified atom stereocenters. The molecule has 0 radical (unpaired) electrons. The molecule has 1 atom stereocenters. The highest BCUT2D eigenvalue weighted by atomic mass is 32.1. The fourth-order valence-corrected chi connectivity index (χ4v) is 2.08. The van der Waals surface area contributed by atoms with Gasteiger partial charge in [0.2, 0.25) is 0 Å². The van der Waals surface area contributed by atoms with E-state index in [1.165, 1.54) is 11.3 Å². The zero-order valence-electron chi connectivity index (χ0n) is 9.33. The summed E-state index contributed by atoms with van der Waals surface area (Å²) in [7, 11) is 1.75. The van der Waals surface area contributed by atoms with E-state index in [1.54, 1.807) is 18.4 Å². The molecule has 80 valence electrons. The van der Waals surface area contributed by atoms with Crippen LogP contribution in [0, 0.1) is 12.8 Å². The molecule has 14 heavy (non-hydrogen) atoms. The van der Waals surface area contributed by atoms with E-state index >= 15 is 0 Å². The van der Waals surface area contributed by atoms with Crippen molar-refractivity contribution in [1.82, 2.24) is 0 Å². The van der Waals surface area contributed by atoms with Crippen molar-refractivity contribution in [3.63, 3.8) is 0 Å². The monoisotopic (exact) mass is 213 g/mol. The quantitative estimate of drug-likeness (QED) is 0.811. The molecule has 1 N–H and O–H groups in total. The Kier molecular flexibility index (Phi) is 4.42. The van der Waals surface area contributed by atoms with Crippen LogP contribution in [-0.2, 0) is 4.74 Å². The lowest BCUT2D eigenvalue weighted by molar-refractivity contribution is 0.171. The smallest absolute Gasteiger partial charge is 0.0666 e. The van der Waals surface area contributed by atoms with Gasteiger partial charge in [-0.15, -0.1) is 11.3 Å². The van der Waals surface area contributed by atoms with Gasteiger partial charge in [0, 0.05) is 18.2 Å². The topological polar surface area (TPSA) is 21.3 Å². The molecular formula is C11H19NOS. The molecule has 0 bridgehead atoms. The zero-order valence-corrected chi connectivity index (χ0v) is 10.1. The Morgan fingerprint density at radius 3 is 2.57 bits per heavy atom. The summed E-state index contributed by atoms with van der Waals surface area (Å²) in [4.78, 5) is 0. The third kappa shape index (κ3) is 3.00. The van der Waals surface area contributed by atoms with Crippen LogP contribution in [0.4, 0.5) is 5.69 Å². The molecular weight excluding hydrogens is 194 g/mol. The molecule has 0 aliphatic carbocycles. The van der Waals surface area contributed by atoms with Crippen LogP contribution in [-0.4, -0.2) is 19.8 Å². The number of hydrogen-bond donors (Lipinski definition) is 1. The highest BCUT2D eigenvalue weighted by molar-refractivity contribution is 7.08. The van der Waals surface area contributed by atoms with Gasteiger partial charge in [0.1, 0.15) is 0 Å². The lowest BCUT2D eigenvalue weighted by atomic mass is 10.1. The van der Waals surface area contributed by atoms with Gasteiger partial charge >= 0.3 is 0 Å². The van der Waals surface area contributed by atoms with Gasteiger partial charge in [-0.1, -0.05) is 13.8 Å². The van der Waals surface area contributed by atoms with Gasteiger partial charge in [-0.25, -0.2) is 0 Å². The molecule has 0 saturated carbocycles. The highest BCUT2D eigenvalue weighted by Gasteiger charge is 2.13. The molecule has 0 aliphatic rings. The van der Waals surface area contributed by atoms with Crippen molar-refractivity contribution >= 4 is 17.0 Å². The average molecular weight is 213 g/mol. The van der Waals surface area contributed by atoms with E-state index in [4.69, 9.17) is 4.74 Å². The molecule has 1 heterocycles. The minimum Gasteiger partial charge on any atom is -0.383 e. The van der Waals surface area contributed by atoms with E-state index in [9.17, 15) is 0 Å². The van der Waals surface area contributed by atoms with E-state index in [-0.39, 0.29) is 0 Å². The van der Waals surface area contributed by atoms with Crippen LogP contribution < -0.4 is 5.32 Å². The third-order valence-corrected chi connectivity index (χ3v) is 3.21. The fourth-order valence-electron chi connectivity index (χ4n) is 1.29. The molecule has 3 heteroatoms. The molecule has 0 aromatic carbocycles. The van der Waals surface area contributed by atoms with E-state index in [2.05, 4.69) is 36.8 Å². The Morgan fingerprint density at radius 2 is 2.14 bits per heavy atom. The largest absolute Gasteiger partial charge is 0.383 e. The molecule has 2 nitrogen and oxygen atoms in total. The first-order valence-electron chi connectivity index (χ1n) is 4.93. The summed E-state index contributed by atoms with van der Waals surface area (Å²) in [6.45, 7) is 7.30. The Hall–Kier alpha value is -0.540. The lowest BCUT2D eigenvalue weighted by Gasteiger charge is -2.22. The van der Waals surface area contributed by atoms with Crippen LogP contribution >= 0.6 is 11.3 Å². The molecule has 0 saturated heterocycles. The van der Waals surface area contributed by atoms with Gasteiger partial charge in [0.25, 0.3) is 0 Å². The predicted octanol–water partition coefficient (Wildman–Crippen LogP) is 3.14. The Morgan fingerprint density at radius 1 is 1.43 bits per heavy atom. The molecule has 1 rings (SSSR count). The maximum Gasteiger partial charge on any atom is 0.0666 e. The number of rotatable bonds is 5. The molecule has 1 aromatic heterocycles. The minimum atomic E-state index is 0.397.